The van der Waals surface area contributed by atoms with Crippen molar-refractivity contribution in [3.8, 4) is 5.75 Å². The average Bonchev–Trinajstić information content (AvgIpc) is 2.82. The molecule has 1 atom stereocenters. The second-order valence-electron chi connectivity index (χ2n) is 8.15. The number of amides is 1. The molecule has 0 saturated heterocycles. The SMILES string of the molecule is CCCCCNC(=N)c1ccc(C(=O)Nc2ccc3c(c2)CCC(CC(=O)OCC)O3)cc1.Cl. The van der Waals surface area contributed by atoms with Crippen LogP contribution in [0.2, 0.25) is 0 Å². The number of halogens is 1. The van der Waals surface area contributed by atoms with Crippen LogP contribution in [0, 0.1) is 5.41 Å². The van der Waals surface area contributed by atoms with E-state index in [1.807, 2.05) is 12.1 Å². The van der Waals surface area contributed by atoms with Gasteiger partial charge < -0.3 is 20.1 Å². The van der Waals surface area contributed by atoms with Crippen LogP contribution in [0.1, 0.15) is 67.4 Å². The molecule has 1 heterocycles. The zero-order chi connectivity index (χ0) is 23.6. The number of aryl methyl sites for hydroxylation is 1. The van der Waals surface area contributed by atoms with Crippen molar-refractivity contribution < 1.29 is 19.1 Å². The van der Waals surface area contributed by atoms with Crippen LogP contribution >= 0.6 is 12.4 Å². The van der Waals surface area contributed by atoms with Crippen molar-refractivity contribution in [3.05, 3.63) is 59.2 Å². The number of fused-ring (bicyclic) bond motifs is 1. The molecule has 1 aliphatic heterocycles. The van der Waals surface area contributed by atoms with Crippen LogP contribution in [-0.4, -0.2) is 37.0 Å². The highest BCUT2D eigenvalue weighted by Crippen LogP contribution is 2.31. The fourth-order valence-corrected chi connectivity index (χ4v) is 3.75. The number of benzene rings is 2. The van der Waals surface area contributed by atoms with Crippen LogP contribution in [0.5, 0.6) is 5.75 Å². The minimum Gasteiger partial charge on any atom is -0.490 e. The first kappa shape index (κ1) is 27.2. The summed E-state index contributed by atoms with van der Waals surface area (Å²) < 4.78 is 10.9. The Hall–Kier alpha value is -3.06. The Morgan fingerprint density at radius 3 is 2.53 bits per heavy atom. The van der Waals surface area contributed by atoms with Gasteiger partial charge in [0, 0.05) is 23.4 Å². The van der Waals surface area contributed by atoms with Gasteiger partial charge in [-0.05, 0) is 62.1 Å². The van der Waals surface area contributed by atoms with Gasteiger partial charge in [-0.25, -0.2) is 0 Å². The van der Waals surface area contributed by atoms with Crippen molar-refractivity contribution in [1.29, 1.82) is 5.41 Å². The number of nitrogens with one attached hydrogen (secondary N) is 3. The molecule has 0 spiro atoms. The summed E-state index contributed by atoms with van der Waals surface area (Å²) in [6, 6.07) is 12.6. The Balaban J connectivity index is 0.00000408. The molecule has 1 aliphatic rings. The van der Waals surface area contributed by atoms with Crippen LogP contribution in [0.3, 0.4) is 0 Å². The Labute approximate surface area is 207 Å². The van der Waals surface area contributed by atoms with Crippen molar-refractivity contribution in [2.45, 2.75) is 58.5 Å². The van der Waals surface area contributed by atoms with Crippen LogP contribution < -0.4 is 15.4 Å². The summed E-state index contributed by atoms with van der Waals surface area (Å²) in [7, 11) is 0. The highest BCUT2D eigenvalue weighted by molar-refractivity contribution is 6.05. The van der Waals surface area contributed by atoms with Crippen molar-refractivity contribution in [1.82, 2.24) is 5.32 Å². The van der Waals surface area contributed by atoms with Crippen molar-refractivity contribution >= 4 is 35.8 Å². The van der Waals surface area contributed by atoms with E-state index >= 15 is 0 Å². The van der Waals surface area contributed by atoms with E-state index in [0.717, 1.165) is 55.5 Å². The summed E-state index contributed by atoms with van der Waals surface area (Å²) in [5.74, 6) is 0.654. The van der Waals surface area contributed by atoms with E-state index in [9.17, 15) is 9.59 Å². The summed E-state index contributed by atoms with van der Waals surface area (Å²) in [6.45, 7) is 5.08. The molecule has 34 heavy (non-hydrogen) atoms. The first-order valence-corrected chi connectivity index (χ1v) is 11.7. The molecule has 0 fully saturated rings. The summed E-state index contributed by atoms with van der Waals surface area (Å²) >= 11 is 0. The van der Waals surface area contributed by atoms with Crippen LogP contribution in [0.15, 0.2) is 42.5 Å². The molecule has 7 nitrogen and oxygen atoms in total. The van der Waals surface area contributed by atoms with E-state index in [1.165, 1.54) is 0 Å². The van der Waals surface area contributed by atoms with Gasteiger partial charge in [-0.15, -0.1) is 12.4 Å². The molecule has 0 aliphatic carbocycles. The molecule has 1 unspecified atom stereocenters. The number of esters is 1. The van der Waals surface area contributed by atoms with E-state index in [2.05, 4.69) is 17.6 Å². The smallest absolute Gasteiger partial charge is 0.309 e. The first-order valence-electron chi connectivity index (χ1n) is 11.7. The van der Waals surface area contributed by atoms with Crippen molar-refractivity contribution in [3.63, 3.8) is 0 Å². The first-order chi connectivity index (χ1) is 16.0. The fraction of sp³-hybridized carbons (Fsp3) is 0.423. The number of anilines is 1. The van der Waals surface area contributed by atoms with E-state index in [-0.39, 0.29) is 36.8 Å². The van der Waals surface area contributed by atoms with Gasteiger partial charge in [-0.2, -0.15) is 0 Å². The Morgan fingerprint density at radius 1 is 1.09 bits per heavy atom. The molecule has 0 aromatic heterocycles. The molecule has 2 aromatic rings. The van der Waals surface area contributed by atoms with Crippen molar-refractivity contribution in [2.75, 3.05) is 18.5 Å². The quantitative estimate of drug-likeness (QED) is 0.187. The van der Waals surface area contributed by atoms with Gasteiger partial charge in [0.25, 0.3) is 5.91 Å². The fourth-order valence-electron chi connectivity index (χ4n) is 3.75. The predicted molar refractivity (Wildman–Crippen MR) is 136 cm³/mol. The average molecular weight is 488 g/mol. The van der Waals surface area contributed by atoms with Gasteiger partial charge in [0.05, 0.1) is 13.0 Å². The number of ether oxygens (including phenoxy) is 2. The van der Waals surface area contributed by atoms with Crippen LogP contribution in [0.4, 0.5) is 5.69 Å². The molecular formula is C26H34ClN3O4. The van der Waals surface area contributed by atoms with Crippen molar-refractivity contribution in [2.24, 2.45) is 0 Å². The molecule has 3 rings (SSSR count). The number of unbranched alkanes of at least 4 members (excludes halogenated alkanes) is 2. The van der Waals surface area contributed by atoms with Gasteiger partial charge in [0.1, 0.15) is 17.7 Å². The summed E-state index contributed by atoms with van der Waals surface area (Å²) in [5.41, 5.74) is 2.99. The highest BCUT2D eigenvalue weighted by Gasteiger charge is 2.23. The lowest BCUT2D eigenvalue weighted by molar-refractivity contribution is -0.145. The number of carbonyl (C=O) groups is 2. The van der Waals surface area contributed by atoms with E-state index in [4.69, 9.17) is 14.9 Å². The summed E-state index contributed by atoms with van der Waals surface area (Å²) in [6.07, 6.45) is 4.88. The number of amidine groups is 1. The maximum Gasteiger partial charge on any atom is 0.309 e. The van der Waals surface area contributed by atoms with Gasteiger partial charge in [-0.3, -0.25) is 15.0 Å². The number of rotatable bonds is 10. The molecule has 0 saturated carbocycles. The third-order valence-electron chi connectivity index (χ3n) is 5.57. The predicted octanol–water partition coefficient (Wildman–Crippen LogP) is 5.11. The highest BCUT2D eigenvalue weighted by atomic mass is 35.5. The zero-order valence-corrected chi connectivity index (χ0v) is 20.6. The van der Waals surface area contributed by atoms with Gasteiger partial charge in [0.15, 0.2) is 0 Å². The topological polar surface area (TPSA) is 101 Å². The summed E-state index contributed by atoms with van der Waals surface area (Å²) in [5, 5.41) is 14.2. The second kappa shape index (κ2) is 13.6. The molecular weight excluding hydrogens is 454 g/mol. The Kier molecular flexibility index (Phi) is 10.9. The number of hydrogen-bond donors (Lipinski definition) is 3. The molecule has 8 heteroatoms. The van der Waals surface area contributed by atoms with E-state index in [0.29, 0.717) is 23.7 Å². The van der Waals surface area contributed by atoms with Gasteiger partial charge in [-0.1, -0.05) is 31.9 Å². The third-order valence-corrected chi connectivity index (χ3v) is 5.57. The van der Waals surface area contributed by atoms with Crippen LogP contribution in [-0.2, 0) is 16.0 Å². The second-order valence-corrected chi connectivity index (χ2v) is 8.15. The minimum absolute atomic E-state index is 0. The maximum absolute atomic E-state index is 12.7. The molecule has 0 radical (unpaired) electrons. The van der Waals surface area contributed by atoms with E-state index < -0.39 is 0 Å². The largest absolute Gasteiger partial charge is 0.490 e. The Morgan fingerprint density at radius 2 is 1.82 bits per heavy atom. The molecule has 3 N–H and O–H groups in total. The van der Waals surface area contributed by atoms with Crippen LogP contribution in [0.25, 0.3) is 0 Å². The van der Waals surface area contributed by atoms with Gasteiger partial charge >= 0.3 is 5.97 Å². The molecule has 184 valence electrons. The zero-order valence-electron chi connectivity index (χ0n) is 19.8. The van der Waals surface area contributed by atoms with E-state index in [1.54, 1.807) is 37.3 Å². The molecule has 2 aromatic carbocycles. The Bertz CT molecular complexity index is 979. The third kappa shape index (κ3) is 7.76. The summed E-state index contributed by atoms with van der Waals surface area (Å²) in [4.78, 5) is 24.4. The molecule has 1 amide bonds. The maximum atomic E-state index is 12.7. The van der Waals surface area contributed by atoms with Gasteiger partial charge in [0.2, 0.25) is 0 Å². The monoisotopic (exact) mass is 487 g/mol. The lowest BCUT2D eigenvalue weighted by Crippen LogP contribution is -2.26. The standard InChI is InChI=1S/C26H33N3O4.ClH/c1-3-5-6-15-28-25(27)18-7-9-19(10-8-18)26(31)29-21-12-14-23-20(16-21)11-13-22(33-23)17-24(30)32-4-2;/h7-10,12,14,16,22H,3-6,11,13,15,17H2,1-2H3,(H2,27,28)(H,29,31);1H. The minimum atomic E-state index is -0.247. The number of carbonyl (C=O) groups excluding carboxylic acids is 2. The lowest BCUT2D eigenvalue weighted by Gasteiger charge is -2.26. The normalized spacial score (nSPS) is 14.1. The number of hydrogen-bond acceptors (Lipinski definition) is 5. The lowest BCUT2D eigenvalue weighted by atomic mass is 10.00. The molecule has 0 bridgehead atoms.